The largest absolute Gasteiger partial charge is 0.446 e. The van der Waals surface area contributed by atoms with Crippen LogP contribution in [0.25, 0.3) is 10.9 Å². The lowest BCUT2D eigenvalue weighted by atomic mass is 10.1. The summed E-state index contributed by atoms with van der Waals surface area (Å²) >= 11 is 6.85. The Morgan fingerprint density at radius 3 is 2.58 bits per heavy atom. The van der Waals surface area contributed by atoms with E-state index in [0.29, 0.717) is 10.0 Å². The molecule has 1 atom stereocenters. The Hall–Kier alpha value is -2.78. The zero-order valence-corrected chi connectivity index (χ0v) is 20.0. The van der Waals surface area contributed by atoms with Gasteiger partial charge in [0.15, 0.2) is 5.75 Å². The molecule has 1 aliphatic rings. The first-order valence-corrected chi connectivity index (χ1v) is 10.9. The average molecular weight is 547 g/mol. The highest BCUT2D eigenvalue weighted by Gasteiger charge is 2.36. The molecular weight excluding hydrogens is 530 g/mol. The third kappa shape index (κ3) is 4.20. The Bertz CT molecular complexity index is 1260. The van der Waals surface area contributed by atoms with E-state index in [1.54, 1.807) is 12.1 Å². The molecule has 0 saturated carbocycles. The molecule has 4 rings (SSSR count). The van der Waals surface area contributed by atoms with Crippen molar-refractivity contribution in [3.8, 4) is 5.75 Å². The van der Waals surface area contributed by atoms with Gasteiger partial charge in [-0.15, -0.1) is 5.10 Å². The van der Waals surface area contributed by atoms with Crippen LogP contribution in [-0.4, -0.2) is 27.8 Å². The van der Waals surface area contributed by atoms with Crippen molar-refractivity contribution in [2.45, 2.75) is 27.0 Å². The maximum absolute atomic E-state index is 12.4. The Balaban J connectivity index is 1.85. The van der Waals surface area contributed by atoms with Gasteiger partial charge in [-0.2, -0.15) is 5.01 Å². The second-order valence-corrected chi connectivity index (χ2v) is 8.74. The quantitative estimate of drug-likeness (QED) is 0.332. The van der Waals surface area contributed by atoms with Gasteiger partial charge in [-0.25, -0.2) is 0 Å². The van der Waals surface area contributed by atoms with Crippen LogP contribution in [0.4, 0.5) is 0 Å². The number of hydrazone groups is 1. The molecule has 9 heteroatoms. The Labute approximate surface area is 195 Å². The van der Waals surface area contributed by atoms with Crippen LogP contribution in [0.3, 0.4) is 0 Å². The minimum Gasteiger partial charge on any atom is -0.446 e. The number of fused-ring (bicyclic) bond motifs is 1. The SMILES string of the molecule is CC(=O)Oc1c(Br)cc(Br)cc1C1=NN(C(C)=O)[C@H](c2cc(C)nc3ccccc23)O1. The number of halogens is 2. The molecule has 0 aliphatic carbocycles. The van der Waals surface area contributed by atoms with E-state index in [-0.39, 0.29) is 17.6 Å². The number of esters is 1. The van der Waals surface area contributed by atoms with Crippen LogP contribution in [0.15, 0.2) is 56.5 Å². The van der Waals surface area contributed by atoms with E-state index in [1.165, 1.54) is 18.9 Å². The van der Waals surface area contributed by atoms with Gasteiger partial charge in [0.1, 0.15) is 0 Å². The maximum Gasteiger partial charge on any atom is 0.308 e. The van der Waals surface area contributed by atoms with Gasteiger partial charge in [0.25, 0.3) is 0 Å². The Morgan fingerprint density at radius 1 is 1.13 bits per heavy atom. The molecule has 0 fully saturated rings. The van der Waals surface area contributed by atoms with Crippen LogP contribution in [0.2, 0.25) is 0 Å². The highest BCUT2D eigenvalue weighted by molar-refractivity contribution is 9.11. The number of aromatic nitrogens is 1. The number of nitrogens with zero attached hydrogens (tertiary/aromatic N) is 3. The van der Waals surface area contributed by atoms with Crippen LogP contribution in [0.5, 0.6) is 5.75 Å². The topological polar surface area (TPSA) is 81.1 Å². The number of ether oxygens (including phenoxy) is 2. The first kappa shape index (κ1) is 21.5. The number of pyridine rings is 1. The predicted octanol–water partition coefficient (Wildman–Crippen LogP) is 5.23. The molecule has 0 bridgehead atoms. The molecule has 158 valence electrons. The van der Waals surface area contributed by atoms with Crippen LogP contribution in [0, 0.1) is 6.92 Å². The van der Waals surface area contributed by atoms with Gasteiger partial charge < -0.3 is 9.47 Å². The van der Waals surface area contributed by atoms with Crippen LogP contribution in [0.1, 0.15) is 36.9 Å². The van der Waals surface area contributed by atoms with Crippen molar-refractivity contribution in [1.29, 1.82) is 0 Å². The van der Waals surface area contributed by atoms with E-state index in [0.717, 1.165) is 26.6 Å². The van der Waals surface area contributed by atoms with E-state index >= 15 is 0 Å². The van der Waals surface area contributed by atoms with Crippen molar-refractivity contribution in [2.24, 2.45) is 5.10 Å². The fourth-order valence-corrected chi connectivity index (χ4v) is 4.70. The van der Waals surface area contributed by atoms with Crippen molar-refractivity contribution in [2.75, 3.05) is 0 Å². The van der Waals surface area contributed by atoms with Crippen molar-refractivity contribution in [3.05, 3.63) is 68.2 Å². The summed E-state index contributed by atoms with van der Waals surface area (Å²) in [7, 11) is 0. The molecule has 2 heterocycles. The number of para-hydroxylation sites is 1. The molecular formula is C22H17Br2N3O4. The molecule has 0 saturated heterocycles. The second kappa shape index (κ2) is 8.39. The van der Waals surface area contributed by atoms with Crippen LogP contribution in [-0.2, 0) is 14.3 Å². The summed E-state index contributed by atoms with van der Waals surface area (Å²) in [6.45, 7) is 4.62. The number of aryl methyl sites for hydroxylation is 1. The summed E-state index contributed by atoms with van der Waals surface area (Å²) in [5, 5.41) is 6.57. The molecule has 1 aliphatic heterocycles. The van der Waals surface area contributed by atoms with Gasteiger partial charge in [-0.1, -0.05) is 34.1 Å². The summed E-state index contributed by atoms with van der Waals surface area (Å²) in [5.74, 6) is -0.355. The van der Waals surface area contributed by atoms with Crippen LogP contribution >= 0.6 is 31.9 Å². The summed E-state index contributed by atoms with van der Waals surface area (Å²) in [6.07, 6.45) is -0.790. The molecule has 3 aromatic rings. The first-order chi connectivity index (χ1) is 14.7. The standard InChI is InChI=1S/C22H17Br2N3O4/c1-11-8-16(15-6-4-5-7-19(15)25-11)22-27(12(2)28)26-21(31-22)17-9-14(23)10-18(24)20(17)30-13(3)29/h4-10,22H,1-3H3/t22-/m0/s1. The van der Waals surface area contributed by atoms with Gasteiger partial charge in [-0.3, -0.25) is 14.6 Å². The fraction of sp³-hybridized carbons (Fsp3) is 0.182. The fourth-order valence-electron chi connectivity index (χ4n) is 3.39. The minimum atomic E-state index is -0.790. The third-order valence-electron chi connectivity index (χ3n) is 4.59. The molecule has 0 unspecified atom stereocenters. The molecule has 7 nitrogen and oxygen atoms in total. The summed E-state index contributed by atoms with van der Waals surface area (Å²) < 4.78 is 12.9. The number of hydrogen-bond acceptors (Lipinski definition) is 6. The molecule has 1 amide bonds. The normalized spacial score (nSPS) is 15.6. The number of rotatable bonds is 3. The first-order valence-electron chi connectivity index (χ1n) is 9.33. The number of benzene rings is 2. The average Bonchev–Trinajstić information content (AvgIpc) is 3.14. The number of amides is 1. The lowest BCUT2D eigenvalue weighted by molar-refractivity contribution is -0.135. The number of hydrogen-bond donors (Lipinski definition) is 0. The van der Waals surface area contributed by atoms with E-state index in [1.807, 2.05) is 37.3 Å². The van der Waals surface area contributed by atoms with Gasteiger partial charge in [-0.05, 0) is 47.1 Å². The molecule has 31 heavy (non-hydrogen) atoms. The second-order valence-electron chi connectivity index (χ2n) is 6.97. The molecule has 0 spiro atoms. The van der Waals surface area contributed by atoms with E-state index < -0.39 is 12.2 Å². The lowest BCUT2D eigenvalue weighted by Gasteiger charge is -2.21. The van der Waals surface area contributed by atoms with E-state index in [9.17, 15) is 9.59 Å². The molecule has 0 radical (unpaired) electrons. The Kier molecular flexibility index (Phi) is 5.81. The highest BCUT2D eigenvalue weighted by atomic mass is 79.9. The summed E-state index contributed by atoms with van der Waals surface area (Å²) in [6, 6.07) is 13.0. The van der Waals surface area contributed by atoms with Crippen molar-refractivity contribution in [3.63, 3.8) is 0 Å². The van der Waals surface area contributed by atoms with Crippen molar-refractivity contribution in [1.82, 2.24) is 9.99 Å². The maximum atomic E-state index is 12.4. The number of carbonyl (C=O) groups is 2. The smallest absolute Gasteiger partial charge is 0.308 e. The molecule has 2 aromatic carbocycles. The minimum absolute atomic E-state index is 0.164. The third-order valence-corrected chi connectivity index (χ3v) is 5.64. The van der Waals surface area contributed by atoms with Gasteiger partial charge in [0, 0.05) is 35.0 Å². The predicted molar refractivity (Wildman–Crippen MR) is 123 cm³/mol. The summed E-state index contributed by atoms with van der Waals surface area (Å²) in [5.41, 5.74) is 2.78. The highest BCUT2D eigenvalue weighted by Crippen LogP contribution is 2.39. The zero-order chi connectivity index (χ0) is 22.3. The van der Waals surface area contributed by atoms with E-state index in [4.69, 9.17) is 9.47 Å². The lowest BCUT2D eigenvalue weighted by Crippen LogP contribution is -2.25. The van der Waals surface area contributed by atoms with E-state index in [2.05, 4.69) is 41.9 Å². The van der Waals surface area contributed by atoms with Crippen LogP contribution < -0.4 is 4.74 Å². The van der Waals surface area contributed by atoms with Crippen molar-refractivity contribution < 1.29 is 19.1 Å². The number of carbonyl (C=O) groups excluding carboxylic acids is 2. The monoisotopic (exact) mass is 545 g/mol. The Morgan fingerprint density at radius 2 is 1.87 bits per heavy atom. The van der Waals surface area contributed by atoms with Gasteiger partial charge >= 0.3 is 5.97 Å². The van der Waals surface area contributed by atoms with Crippen molar-refractivity contribution >= 4 is 60.5 Å². The molecule has 0 N–H and O–H groups in total. The summed E-state index contributed by atoms with van der Waals surface area (Å²) in [4.78, 5) is 28.7. The molecule has 1 aromatic heterocycles. The zero-order valence-electron chi connectivity index (χ0n) is 16.8. The van der Waals surface area contributed by atoms with Gasteiger partial charge in [0.05, 0.1) is 15.6 Å². The van der Waals surface area contributed by atoms with Gasteiger partial charge in [0.2, 0.25) is 18.0 Å².